The van der Waals surface area contributed by atoms with Gasteiger partial charge in [0.15, 0.2) is 0 Å². The highest BCUT2D eigenvalue weighted by molar-refractivity contribution is 5.99. The first-order valence-corrected chi connectivity index (χ1v) is 29.2. The van der Waals surface area contributed by atoms with Crippen molar-refractivity contribution in [1.82, 2.24) is 47.0 Å². The summed E-state index contributed by atoms with van der Waals surface area (Å²) in [5.41, 5.74) is 10.7. The van der Waals surface area contributed by atoms with E-state index >= 15 is 0 Å². The molecule has 8 atom stereocenters. The SMILES string of the molecule is CCCCCOc1ccc(-c2ccc(-c3ccc(C(=O)NCC(=O)NC(CC)C(=O)N4CCCC4C(=O)NC(CCc4ccc(O)cc4)C(=O)NC(CC)C(=O)N4C[C@H](C)CC4C(=O)N[C@H](NCCNCCN)[C@@H](C)O)cc3)cc2)cc1. The zero-order valence-corrected chi connectivity index (χ0v) is 48.2. The van der Waals surface area contributed by atoms with Crippen LogP contribution in [0, 0.1) is 5.92 Å². The lowest BCUT2D eigenvalue weighted by Gasteiger charge is -2.32. The number of carbonyl (C=O) groups is 7. The molecule has 5 unspecified atom stereocenters. The van der Waals surface area contributed by atoms with Crippen molar-refractivity contribution in [2.45, 2.75) is 141 Å². The van der Waals surface area contributed by atoms with Gasteiger partial charge < -0.3 is 62.4 Å². The van der Waals surface area contributed by atoms with Gasteiger partial charge in [0.25, 0.3) is 5.91 Å². The number of rotatable bonds is 31. The Balaban J connectivity index is 1.03. The molecule has 20 nitrogen and oxygen atoms in total. The van der Waals surface area contributed by atoms with Gasteiger partial charge >= 0.3 is 0 Å². The molecule has 4 aromatic carbocycles. The van der Waals surface area contributed by atoms with Gasteiger partial charge in [0.05, 0.1) is 19.3 Å². The number of aromatic hydroxyl groups is 1. The number of amides is 7. The van der Waals surface area contributed by atoms with Crippen molar-refractivity contribution in [3.63, 3.8) is 0 Å². The van der Waals surface area contributed by atoms with Gasteiger partial charge in [0.2, 0.25) is 35.4 Å². The number of phenols is 1. The summed E-state index contributed by atoms with van der Waals surface area (Å²) in [7, 11) is 0. The number of hydrogen-bond donors (Lipinski definition) is 10. The number of aliphatic hydroxyl groups excluding tert-OH is 1. The number of ether oxygens (including phenoxy) is 1. The lowest BCUT2D eigenvalue weighted by Crippen LogP contribution is -2.60. The van der Waals surface area contributed by atoms with Gasteiger partial charge in [0, 0.05) is 44.8 Å². The summed E-state index contributed by atoms with van der Waals surface area (Å²) < 4.78 is 5.86. The molecule has 20 heteroatoms. The summed E-state index contributed by atoms with van der Waals surface area (Å²) in [4.78, 5) is 100. The third kappa shape index (κ3) is 18.6. The molecule has 0 spiro atoms. The highest BCUT2D eigenvalue weighted by atomic mass is 16.5. The van der Waals surface area contributed by atoms with Crippen LogP contribution in [-0.2, 0) is 35.2 Å². The lowest BCUT2D eigenvalue weighted by atomic mass is 9.99. The third-order valence-corrected chi connectivity index (χ3v) is 15.0. The third-order valence-electron chi connectivity index (χ3n) is 15.0. The summed E-state index contributed by atoms with van der Waals surface area (Å²) in [6.07, 6.45) is 3.49. The predicted octanol–water partition coefficient (Wildman–Crippen LogP) is 4.12. The maximum atomic E-state index is 14.4. The minimum Gasteiger partial charge on any atom is -0.508 e. The fourth-order valence-corrected chi connectivity index (χ4v) is 10.3. The number of aliphatic hydroxyl groups is 1. The highest BCUT2D eigenvalue weighted by Gasteiger charge is 2.42. The van der Waals surface area contributed by atoms with E-state index in [1.54, 1.807) is 45.0 Å². The molecule has 0 aliphatic carbocycles. The van der Waals surface area contributed by atoms with Crippen molar-refractivity contribution in [3.05, 3.63) is 108 Å². The Morgan fingerprint density at radius 2 is 1.29 bits per heavy atom. The first-order valence-electron chi connectivity index (χ1n) is 29.2. The van der Waals surface area contributed by atoms with Crippen molar-refractivity contribution in [2.24, 2.45) is 11.7 Å². The zero-order valence-electron chi connectivity index (χ0n) is 48.2. The molecular weight excluding hydrogens is 1040 g/mol. The summed E-state index contributed by atoms with van der Waals surface area (Å²) in [6.45, 7) is 12.0. The first-order chi connectivity index (χ1) is 39.5. The molecule has 444 valence electrons. The number of nitrogens with zero attached hydrogens (tertiary/aromatic N) is 2. The van der Waals surface area contributed by atoms with Gasteiger partial charge in [-0.05, 0) is 128 Å². The largest absolute Gasteiger partial charge is 0.508 e. The van der Waals surface area contributed by atoms with E-state index in [2.05, 4.69) is 44.1 Å². The second kappa shape index (κ2) is 32.3. The maximum Gasteiger partial charge on any atom is 0.251 e. The number of carbonyl (C=O) groups excluding carboxylic acids is 7. The molecule has 0 bridgehead atoms. The van der Waals surface area contributed by atoms with E-state index in [1.807, 2.05) is 67.6 Å². The summed E-state index contributed by atoms with van der Waals surface area (Å²) >= 11 is 0. The predicted molar refractivity (Wildman–Crippen MR) is 315 cm³/mol. The van der Waals surface area contributed by atoms with Crippen molar-refractivity contribution in [3.8, 4) is 33.8 Å². The van der Waals surface area contributed by atoms with E-state index in [4.69, 9.17) is 10.5 Å². The lowest BCUT2D eigenvalue weighted by molar-refractivity contribution is -0.143. The fraction of sp³-hybridized carbons (Fsp3) is 0.500. The van der Waals surface area contributed by atoms with Gasteiger partial charge in [-0.25, -0.2) is 0 Å². The van der Waals surface area contributed by atoms with Gasteiger partial charge in [-0.2, -0.15) is 0 Å². The van der Waals surface area contributed by atoms with Crippen LogP contribution >= 0.6 is 0 Å². The molecule has 0 aromatic heterocycles. The van der Waals surface area contributed by atoms with E-state index in [1.165, 1.54) is 21.9 Å². The van der Waals surface area contributed by atoms with Crippen molar-refractivity contribution >= 4 is 41.4 Å². The molecule has 2 saturated heterocycles. The number of likely N-dealkylation sites (tertiary alicyclic amines) is 2. The highest BCUT2D eigenvalue weighted by Crippen LogP contribution is 2.28. The van der Waals surface area contributed by atoms with Gasteiger partial charge in [-0.1, -0.05) is 101 Å². The second-order valence-electron chi connectivity index (χ2n) is 21.4. The molecule has 4 aromatic rings. The number of nitrogens with two attached hydrogens (primary N) is 1. The topological polar surface area (TPSA) is 286 Å². The van der Waals surface area contributed by atoms with Crippen LogP contribution in [0.3, 0.4) is 0 Å². The molecule has 0 radical (unpaired) electrons. The molecule has 11 N–H and O–H groups in total. The molecule has 0 saturated carbocycles. The molecule has 2 aliphatic rings. The summed E-state index contributed by atoms with van der Waals surface area (Å²) in [6, 6.07) is 24.6. The number of benzene rings is 4. The Morgan fingerprint density at radius 3 is 1.90 bits per heavy atom. The Morgan fingerprint density at radius 1 is 0.695 bits per heavy atom. The van der Waals surface area contributed by atoms with E-state index in [0.717, 1.165) is 52.8 Å². The molecule has 2 fully saturated rings. The normalized spacial score (nSPS) is 17.7. The first kappa shape index (κ1) is 63.8. The minimum absolute atomic E-state index is 0.0376. The molecular formula is C62H86N10O10. The van der Waals surface area contributed by atoms with Crippen LogP contribution < -0.4 is 47.7 Å². The number of phenolic OH excluding ortho intramolecular Hbond substituents is 1. The van der Waals surface area contributed by atoms with E-state index < -0.39 is 90.4 Å². The maximum absolute atomic E-state index is 14.4. The molecule has 7 amide bonds. The second-order valence-corrected chi connectivity index (χ2v) is 21.4. The average Bonchev–Trinajstić information content (AvgIpc) is 4.26. The minimum atomic E-state index is -1.17. The molecule has 2 aliphatic heterocycles. The van der Waals surface area contributed by atoms with Gasteiger partial charge in [-0.3, -0.25) is 38.9 Å². The van der Waals surface area contributed by atoms with Crippen LogP contribution in [0.4, 0.5) is 0 Å². The van der Waals surface area contributed by atoms with Crippen LogP contribution in [0.2, 0.25) is 0 Å². The van der Waals surface area contributed by atoms with Crippen molar-refractivity contribution in [2.75, 3.05) is 52.4 Å². The van der Waals surface area contributed by atoms with Crippen molar-refractivity contribution in [1.29, 1.82) is 0 Å². The Hall–Kier alpha value is -7.39. The number of nitrogens with one attached hydrogen (secondary N) is 7. The Labute approximate surface area is 482 Å². The molecule has 2 heterocycles. The van der Waals surface area contributed by atoms with Crippen LogP contribution in [0.1, 0.15) is 108 Å². The number of unbranched alkanes of at least 4 members (excludes halogenated alkanes) is 2. The van der Waals surface area contributed by atoms with Crippen LogP contribution in [0.5, 0.6) is 11.5 Å². The summed E-state index contributed by atoms with van der Waals surface area (Å²) in [5, 5.41) is 40.6. The van der Waals surface area contributed by atoms with E-state index in [9.17, 15) is 43.8 Å². The smallest absolute Gasteiger partial charge is 0.251 e. The molecule has 82 heavy (non-hydrogen) atoms. The van der Waals surface area contributed by atoms with Crippen LogP contribution in [0.25, 0.3) is 22.3 Å². The standard InChI is InChI=1S/C62H86N10O10/c1-6-9-10-36-82-49-28-24-46(25-29-49)44-18-16-43(17-19-44)45-20-22-47(23-21-45)57(76)66-38-55(75)67-50(7-2)61(80)71-35-11-12-53(71)59(78)69-52(30-15-42-13-26-48(74)27-14-42)58(77)68-51(8-3)62(81)72-39-40(4)37-54(72)60(79)70-56(41(5)73)65-34-33-64-32-31-63/h13-14,16-29,40-41,50-54,56,64-65,73-74H,6-12,15,30-39,63H2,1-5H3,(H,66,76)(H,67,75)(H,68,77)(H,69,78)(H,70,79)/t40-,41-,50?,51?,52?,53?,54?,56+/m1/s1. The van der Waals surface area contributed by atoms with Gasteiger partial charge in [-0.15, -0.1) is 0 Å². The quantitative estimate of drug-likeness (QED) is 0.0251. The van der Waals surface area contributed by atoms with Crippen LogP contribution in [0.15, 0.2) is 97.1 Å². The van der Waals surface area contributed by atoms with E-state index in [-0.39, 0.29) is 44.0 Å². The van der Waals surface area contributed by atoms with Gasteiger partial charge in [0.1, 0.15) is 47.9 Å². The average molecular weight is 1130 g/mol. The van der Waals surface area contributed by atoms with Crippen molar-refractivity contribution < 1.29 is 48.5 Å². The number of aryl methyl sites for hydroxylation is 1. The number of hydrogen-bond acceptors (Lipinski definition) is 13. The Kier molecular flexibility index (Phi) is 25.1. The van der Waals surface area contributed by atoms with E-state index in [0.29, 0.717) is 64.0 Å². The monoisotopic (exact) mass is 1130 g/mol. The van der Waals surface area contributed by atoms with Crippen LogP contribution in [-0.4, -0.2) is 156 Å². The molecule has 6 rings (SSSR count). The zero-order chi connectivity index (χ0) is 59.1. The Bertz CT molecular complexity index is 2710. The fourth-order valence-electron chi connectivity index (χ4n) is 10.3. The summed E-state index contributed by atoms with van der Waals surface area (Å²) in [5.74, 6) is -2.81.